The number of fused-ring (bicyclic) bond motifs is 2. The number of carboxylic acid groups (broad SMARTS) is 1. The summed E-state index contributed by atoms with van der Waals surface area (Å²) in [5.41, 5.74) is -0.566. The van der Waals surface area contributed by atoms with E-state index in [4.69, 9.17) is 14.9 Å². The first-order chi connectivity index (χ1) is 8.07. The maximum absolute atomic E-state index is 11.5. The lowest BCUT2D eigenvalue weighted by Gasteiger charge is -2.28. The Morgan fingerprint density at radius 1 is 1.47 bits per heavy atom. The Balaban J connectivity index is 2.04. The van der Waals surface area contributed by atoms with Crippen molar-refractivity contribution in [3.05, 3.63) is 12.2 Å². The molecule has 0 aromatic heterocycles. The topological polar surface area (TPSA) is 83.8 Å². The quantitative estimate of drug-likeness (QED) is 0.542. The summed E-state index contributed by atoms with van der Waals surface area (Å²) in [5, 5.41) is 17.7. The summed E-state index contributed by atoms with van der Waals surface area (Å²) in [7, 11) is 0. The van der Waals surface area contributed by atoms with Crippen molar-refractivity contribution in [2.75, 3.05) is 13.2 Å². The summed E-state index contributed by atoms with van der Waals surface area (Å²) >= 11 is 0. The van der Waals surface area contributed by atoms with Gasteiger partial charge < -0.3 is 14.9 Å². The van der Waals surface area contributed by atoms with Gasteiger partial charge in [-0.05, 0) is 18.8 Å². The Kier molecular flexibility index (Phi) is 3.19. The molecule has 0 amide bonds. The SMILES string of the molecule is O=C(CC12C=CC(CC1C(=O)O)C2)OCCO. The number of aliphatic hydroxyl groups is 1. The molecule has 2 bridgehead atoms. The summed E-state index contributed by atoms with van der Waals surface area (Å²) in [4.78, 5) is 22.7. The Morgan fingerprint density at radius 2 is 2.24 bits per heavy atom. The second kappa shape index (κ2) is 4.49. The van der Waals surface area contributed by atoms with Crippen LogP contribution in [0.4, 0.5) is 0 Å². The van der Waals surface area contributed by atoms with Gasteiger partial charge in [0, 0.05) is 5.41 Å². The van der Waals surface area contributed by atoms with Crippen LogP contribution >= 0.6 is 0 Å². The largest absolute Gasteiger partial charge is 0.481 e. The maximum Gasteiger partial charge on any atom is 0.307 e. The molecule has 0 radical (unpaired) electrons. The van der Waals surface area contributed by atoms with Crippen LogP contribution in [0.25, 0.3) is 0 Å². The van der Waals surface area contributed by atoms with Gasteiger partial charge in [-0.3, -0.25) is 9.59 Å². The first kappa shape index (κ1) is 12.1. The van der Waals surface area contributed by atoms with E-state index in [-0.39, 0.29) is 25.6 Å². The predicted molar refractivity (Wildman–Crippen MR) is 58.1 cm³/mol. The molecule has 1 saturated carbocycles. The second-order valence-corrected chi connectivity index (χ2v) is 4.80. The molecule has 5 nitrogen and oxygen atoms in total. The highest BCUT2D eigenvalue weighted by Crippen LogP contribution is 2.55. The minimum atomic E-state index is -0.841. The van der Waals surface area contributed by atoms with Gasteiger partial charge in [-0.1, -0.05) is 12.2 Å². The van der Waals surface area contributed by atoms with E-state index in [9.17, 15) is 9.59 Å². The number of carbonyl (C=O) groups is 2. The van der Waals surface area contributed by atoms with Crippen LogP contribution in [-0.4, -0.2) is 35.4 Å². The third-order valence-electron chi connectivity index (χ3n) is 3.70. The van der Waals surface area contributed by atoms with E-state index in [1.54, 1.807) is 0 Å². The van der Waals surface area contributed by atoms with Gasteiger partial charge in [0.2, 0.25) is 0 Å². The highest BCUT2D eigenvalue weighted by atomic mass is 16.5. The van der Waals surface area contributed by atoms with Crippen molar-refractivity contribution in [2.45, 2.75) is 19.3 Å². The van der Waals surface area contributed by atoms with E-state index >= 15 is 0 Å². The van der Waals surface area contributed by atoms with E-state index in [1.807, 2.05) is 12.2 Å². The van der Waals surface area contributed by atoms with Gasteiger partial charge in [0.1, 0.15) is 6.61 Å². The zero-order valence-electron chi connectivity index (χ0n) is 9.46. The van der Waals surface area contributed by atoms with E-state index in [0.717, 1.165) is 6.42 Å². The van der Waals surface area contributed by atoms with Crippen LogP contribution in [0.3, 0.4) is 0 Å². The highest BCUT2D eigenvalue weighted by molar-refractivity contribution is 5.77. The molecule has 94 valence electrons. The number of aliphatic carboxylic acids is 1. The van der Waals surface area contributed by atoms with Crippen molar-refractivity contribution in [1.29, 1.82) is 0 Å². The number of ether oxygens (including phenoxy) is 1. The van der Waals surface area contributed by atoms with Gasteiger partial charge in [-0.25, -0.2) is 0 Å². The molecule has 17 heavy (non-hydrogen) atoms. The predicted octanol–water partition coefficient (Wildman–Crippen LogP) is 0.579. The Bertz CT molecular complexity index is 362. The van der Waals surface area contributed by atoms with Crippen LogP contribution in [0.15, 0.2) is 12.2 Å². The molecule has 0 heterocycles. The van der Waals surface area contributed by atoms with Crippen LogP contribution in [0.5, 0.6) is 0 Å². The lowest BCUT2D eigenvalue weighted by atomic mass is 9.75. The molecule has 0 saturated heterocycles. The molecule has 3 unspecified atom stereocenters. The molecule has 1 fully saturated rings. The molecule has 0 aliphatic heterocycles. The first-order valence-corrected chi connectivity index (χ1v) is 5.76. The molecule has 0 aromatic carbocycles. The van der Waals surface area contributed by atoms with Gasteiger partial charge in [0.05, 0.1) is 18.9 Å². The fraction of sp³-hybridized carbons (Fsp3) is 0.667. The zero-order chi connectivity index (χ0) is 12.5. The van der Waals surface area contributed by atoms with Crippen molar-refractivity contribution < 1.29 is 24.5 Å². The average molecular weight is 240 g/mol. The summed E-state index contributed by atoms with van der Waals surface area (Å²) < 4.78 is 4.81. The Hall–Kier alpha value is -1.36. The van der Waals surface area contributed by atoms with Gasteiger partial charge in [-0.15, -0.1) is 0 Å². The molecular formula is C12H16O5. The van der Waals surface area contributed by atoms with E-state index in [0.29, 0.717) is 6.42 Å². The third kappa shape index (κ3) is 2.20. The fourth-order valence-electron chi connectivity index (χ4n) is 2.99. The fourth-order valence-corrected chi connectivity index (χ4v) is 2.99. The number of carbonyl (C=O) groups excluding carboxylic acids is 1. The Morgan fingerprint density at radius 3 is 2.82 bits per heavy atom. The monoisotopic (exact) mass is 240 g/mol. The van der Waals surface area contributed by atoms with E-state index in [2.05, 4.69) is 0 Å². The summed E-state index contributed by atoms with van der Waals surface area (Å²) in [6.45, 7) is -0.237. The number of esters is 1. The number of rotatable bonds is 5. The van der Waals surface area contributed by atoms with Crippen molar-refractivity contribution in [3.63, 3.8) is 0 Å². The molecular weight excluding hydrogens is 224 g/mol. The number of hydrogen-bond donors (Lipinski definition) is 2. The van der Waals surface area contributed by atoms with Crippen LogP contribution in [-0.2, 0) is 14.3 Å². The number of hydrogen-bond acceptors (Lipinski definition) is 4. The van der Waals surface area contributed by atoms with E-state index < -0.39 is 23.3 Å². The standard InChI is InChI=1S/C12H16O5/c13-3-4-17-10(14)7-12-2-1-8(6-12)5-9(12)11(15)16/h1-2,8-9,13H,3-7H2,(H,15,16). The molecule has 5 heteroatoms. The normalized spacial score (nSPS) is 33.9. The molecule has 0 spiro atoms. The Labute approximate surface area is 99.1 Å². The van der Waals surface area contributed by atoms with Crippen molar-refractivity contribution in [2.24, 2.45) is 17.3 Å². The first-order valence-electron chi connectivity index (χ1n) is 5.76. The zero-order valence-corrected chi connectivity index (χ0v) is 9.46. The average Bonchev–Trinajstić information content (AvgIpc) is 2.83. The van der Waals surface area contributed by atoms with Crippen molar-refractivity contribution in [1.82, 2.24) is 0 Å². The van der Waals surface area contributed by atoms with Crippen molar-refractivity contribution in [3.8, 4) is 0 Å². The lowest BCUT2D eigenvalue weighted by Crippen LogP contribution is -2.32. The minimum absolute atomic E-state index is 0.0280. The number of carboxylic acids is 1. The maximum atomic E-state index is 11.5. The molecule has 3 atom stereocenters. The molecule has 2 rings (SSSR count). The van der Waals surface area contributed by atoms with Gasteiger partial charge in [0.15, 0.2) is 0 Å². The van der Waals surface area contributed by atoms with Crippen LogP contribution in [0.1, 0.15) is 19.3 Å². The molecule has 2 N–H and O–H groups in total. The summed E-state index contributed by atoms with van der Waals surface area (Å²) in [6, 6.07) is 0. The third-order valence-corrected chi connectivity index (χ3v) is 3.70. The molecule has 0 aromatic rings. The summed E-state index contributed by atoms with van der Waals surface area (Å²) in [6.07, 6.45) is 5.28. The smallest absolute Gasteiger partial charge is 0.307 e. The van der Waals surface area contributed by atoms with Gasteiger partial charge in [0.25, 0.3) is 0 Å². The molecule has 2 aliphatic carbocycles. The van der Waals surface area contributed by atoms with E-state index in [1.165, 1.54) is 0 Å². The second-order valence-electron chi connectivity index (χ2n) is 4.80. The van der Waals surface area contributed by atoms with Gasteiger partial charge in [-0.2, -0.15) is 0 Å². The highest BCUT2D eigenvalue weighted by Gasteiger charge is 2.53. The van der Waals surface area contributed by atoms with Crippen LogP contribution in [0, 0.1) is 17.3 Å². The van der Waals surface area contributed by atoms with Gasteiger partial charge >= 0.3 is 11.9 Å². The molecule has 2 aliphatic rings. The summed E-state index contributed by atoms with van der Waals surface area (Å²) in [5.74, 6) is -1.48. The lowest BCUT2D eigenvalue weighted by molar-refractivity contribution is -0.150. The number of allylic oxidation sites excluding steroid dienone is 2. The van der Waals surface area contributed by atoms with Crippen LogP contribution in [0.2, 0.25) is 0 Å². The van der Waals surface area contributed by atoms with Crippen LogP contribution < -0.4 is 0 Å². The minimum Gasteiger partial charge on any atom is -0.481 e. The van der Waals surface area contributed by atoms with Crippen molar-refractivity contribution >= 4 is 11.9 Å². The number of aliphatic hydroxyl groups excluding tert-OH is 1.